The largest absolute Gasteiger partial charge is 0.493 e. The summed E-state index contributed by atoms with van der Waals surface area (Å²) in [6.07, 6.45) is 5.00. The zero-order valence-electron chi connectivity index (χ0n) is 15.1. The van der Waals surface area contributed by atoms with Gasteiger partial charge in [-0.15, -0.1) is 0 Å². The van der Waals surface area contributed by atoms with Gasteiger partial charge >= 0.3 is 0 Å². The van der Waals surface area contributed by atoms with Crippen LogP contribution in [0.2, 0.25) is 0 Å². The number of pyridine rings is 1. The number of ketones is 1. The number of rotatable bonds is 6. The Morgan fingerprint density at radius 1 is 1.25 bits per heavy atom. The number of H-pyrrole nitrogens is 2. The van der Waals surface area contributed by atoms with Crippen LogP contribution in [0.3, 0.4) is 0 Å². The molecule has 0 spiro atoms. The number of aromatic nitrogens is 5. The van der Waals surface area contributed by atoms with Gasteiger partial charge in [-0.3, -0.25) is 14.6 Å². The van der Waals surface area contributed by atoms with Gasteiger partial charge < -0.3 is 14.7 Å². The first-order valence-electron chi connectivity index (χ1n) is 8.78. The van der Waals surface area contributed by atoms with Gasteiger partial charge in [-0.2, -0.15) is 0 Å². The fraction of sp³-hybridized carbons (Fsp3) is 0.150. The maximum atomic E-state index is 12.6. The van der Waals surface area contributed by atoms with Crippen LogP contribution in [0.15, 0.2) is 53.8 Å². The monoisotopic (exact) mass is 375 g/mol. The number of benzene rings is 1. The van der Waals surface area contributed by atoms with Crippen LogP contribution in [0.4, 0.5) is 0 Å². The van der Waals surface area contributed by atoms with Crippen molar-refractivity contribution in [3.8, 4) is 17.1 Å². The molecular weight excluding hydrogens is 358 g/mol. The third kappa shape index (κ3) is 3.39. The molecule has 3 aromatic heterocycles. The summed E-state index contributed by atoms with van der Waals surface area (Å²) in [6.45, 7) is 2.25. The Morgan fingerprint density at radius 3 is 2.93 bits per heavy atom. The zero-order chi connectivity index (χ0) is 19.5. The van der Waals surface area contributed by atoms with E-state index in [0.29, 0.717) is 40.5 Å². The molecule has 0 amide bonds. The third-order valence-electron chi connectivity index (χ3n) is 4.24. The third-order valence-corrected chi connectivity index (χ3v) is 4.24. The van der Waals surface area contributed by atoms with E-state index in [1.165, 1.54) is 6.33 Å². The quantitative estimate of drug-likeness (QED) is 0.501. The lowest BCUT2D eigenvalue weighted by Crippen LogP contribution is -2.11. The van der Waals surface area contributed by atoms with Crippen LogP contribution < -0.4 is 10.3 Å². The predicted molar refractivity (Wildman–Crippen MR) is 103 cm³/mol. The molecule has 0 saturated heterocycles. The molecule has 0 bridgehead atoms. The topological polar surface area (TPSA) is 114 Å². The molecule has 140 valence electrons. The number of carbonyl (C=O) groups excluding carboxylic acids is 1. The molecule has 28 heavy (non-hydrogen) atoms. The van der Waals surface area contributed by atoms with Crippen LogP contribution >= 0.6 is 0 Å². The number of hydrogen-bond donors (Lipinski definition) is 2. The number of nitrogens with one attached hydrogen (secondary N) is 2. The summed E-state index contributed by atoms with van der Waals surface area (Å²) in [6, 6.07) is 8.75. The molecule has 8 heteroatoms. The number of aromatic amines is 2. The smallest absolute Gasteiger partial charge is 0.277 e. The Balaban J connectivity index is 1.72. The van der Waals surface area contributed by atoms with Gasteiger partial charge in [0, 0.05) is 24.4 Å². The highest BCUT2D eigenvalue weighted by atomic mass is 16.5. The van der Waals surface area contributed by atoms with Crippen LogP contribution in [0.1, 0.15) is 22.8 Å². The fourth-order valence-electron chi connectivity index (χ4n) is 2.93. The average Bonchev–Trinajstić information content (AvgIpc) is 3.18. The van der Waals surface area contributed by atoms with E-state index in [2.05, 4.69) is 24.9 Å². The summed E-state index contributed by atoms with van der Waals surface area (Å²) in [7, 11) is 0. The SMILES string of the molecule is CCOc1cc(C(=O)Cc2cccnc2)ccc1-c1nc2nc[nH]c2c(=O)[nH]1. The first-order chi connectivity index (χ1) is 13.7. The minimum atomic E-state index is -0.323. The number of ether oxygens (including phenoxy) is 1. The number of hydrogen-bond acceptors (Lipinski definition) is 6. The van der Waals surface area contributed by atoms with Gasteiger partial charge in [0.05, 0.1) is 18.5 Å². The van der Waals surface area contributed by atoms with Crippen molar-refractivity contribution in [2.75, 3.05) is 6.61 Å². The van der Waals surface area contributed by atoms with E-state index in [0.717, 1.165) is 5.56 Å². The summed E-state index contributed by atoms with van der Waals surface area (Å²) in [5.41, 5.74) is 2.24. The van der Waals surface area contributed by atoms with Crippen LogP contribution in [-0.2, 0) is 6.42 Å². The lowest BCUT2D eigenvalue weighted by atomic mass is 10.0. The first-order valence-corrected chi connectivity index (χ1v) is 8.78. The van der Waals surface area contributed by atoms with Crippen molar-refractivity contribution in [3.63, 3.8) is 0 Å². The molecule has 2 N–H and O–H groups in total. The summed E-state index contributed by atoms with van der Waals surface area (Å²) in [4.78, 5) is 42.8. The standard InChI is InChI=1S/C20H17N5O3/c1-2-28-16-9-13(15(26)8-12-4-3-7-21-10-12)5-6-14(16)18-24-19-17(20(27)25-18)22-11-23-19/h3-7,9-11H,2,8H2,1H3,(H2,22,23,24,25,27). The molecule has 4 rings (SSSR count). The lowest BCUT2D eigenvalue weighted by molar-refractivity contribution is 0.0992. The van der Waals surface area contributed by atoms with Gasteiger partial charge in [0.2, 0.25) is 0 Å². The normalized spacial score (nSPS) is 10.9. The molecule has 0 saturated carbocycles. The molecule has 0 radical (unpaired) electrons. The molecule has 0 aliphatic rings. The number of imidazole rings is 1. The Hall–Kier alpha value is -3.81. The van der Waals surface area contributed by atoms with Crippen LogP contribution in [0.5, 0.6) is 5.75 Å². The van der Waals surface area contributed by atoms with Crippen molar-refractivity contribution in [1.82, 2.24) is 24.9 Å². The van der Waals surface area contributed by atoms with E-state index < -0.39 is 0 Å². The summed E-state index contributed by atoms with van der Waals surface area (Å²) < 4.78 is 5.71. The van der Waals surface area contributed by atoms with Crippen molar-refractivity contribution in [1.29, 1.82) is 0 Å². The highest BCUT2D eigenvalue weighted by Crippen LogP contribution is 2.29. The van der Waals surface area contributed by atoms with Gasteiger partial charge in [0.25, 0.3) is 5.56 Å². The highest BCUT2D eigenvalue weighted by molar-refractivity contribution is 5.98. The summed E-state index contributed by atoms with van der Waals surface area (Å²) in [5.74, 6) is 0.751. The van der Waals surface area contributed by atoms with Crippen LogP contribution in [0.25, 0.3) is 22.6 Å². The minimum Gasteiger partial charge on any atom is -0.493 e. The first kappa shape index (κ1) is 17.6. The van der Waals surface area contributed by atoms with Gasteiger partial charge in [-0.25, -0.2) is 9.97 Å². The molecule has 0 atom stereocenters. The van der Waals surface area contributed by atoms with E-state index in [1.807, 2.05) is 13.0 Å². The Kier molecular flexibility index (Phi) is 4.67. The van der Waals surface area contributed by atoms with E-state index in [4.69, 9.17) is 4.74 Å². The van der Waals surface area contributed by atoms with Crippen LogP contribution in [0, 0.1) is 0 Å². The molecular formula is C20H17N5O3. The second-order valence-corrected chi connectivity index (χ2v) is 6.12. The molecule has 0 aliphatic carbocycles. The predicted octanol–water partition coefficient (Wildman–Crippen LogP) is 2.53. The van der Waals surface area contributed by atoms with Gasteiger partial charge in [-0.05, 0) is 30.7 Å². The summed E-state index contributed by atoms with van der Waals surface area (Å²) in [5, 5.41) is 0. The van der Waals surface area contributed by atoms with Crippen molar-refractivity contribution >= 4 is 16.9 Å². The fourth-order valence-corrected chi connectivity index (χ4v) is 2.93. The number of nitrogens with zero attached hydrogens (tertiary/aromatic N) is 3. The van der Waals surface area contributed by atoms with Crippen LogP contribution in [-0.4, -0.2) is 37.3 Å². The number of carbonyl (C=O) groups is 1. The average molecular weight is 375 g/mol. The van der Waals surface area contributed by atoms with Gasteiger partial charge in [0.15, 0.2) is 16.9 Å². The van der Waals surface area contributed by atoms with Crippen molar-refractivity contribution < 1.29 is 9.53 Å². The Bertz CT molecular complexity index is 1200. The molecule has 4 aromatic rings. The number of fused-ring (bicyclic) bond motifs is 1. The maximum absolute atomic E-state index is 12.6. The zero-order valence-corrected chi connectivity index (χ0v) is 15.1. The molecule has 0 aliphatic heterocycles. The van der Waals surface area contributed by atoms with E-state index in [-0.39, 0.29) is 17.8 Å². The van der Waals surface area contributed by atoms with Gasteiger partial charge in [-0.1, -0.05) is 12.1 Å². The second kappa shape index (κ2) is 7.43. The van der Waals surface area contributed by atoms with Crippen molar-refractivity contribution in [2.24, 2.45) is 0 Å². The van der Waals surface area contributed by atoms with E-state index in [1.54, 1.807) is 36.7 Å². The highest BCUT2D eigenvalue weighted by Gasteiger charge is 2.16. The molecule has 8 nitrogen and oxygen atoms in total. The molecule has 3 heterocycles. The Labute approximate surface area is 159 Å². The van der Waals surface area contributed by atoms with E-state index >= 15 is 0 Å². The molecule has 0 fully saturated rings. The lowest BCUT2D eigenvalue weighted by Gasteiger charge is -2.11. The maximum Gasteiger partial charge on any atom is 0.277 e. The Morgan fingerprint density at radius 2 is 2.14 bits per heavy atom. The van der Waals surface area contributed by atoms with E-state index in [9.17, 15) is 9.59 Å². The molecule has 0 unspecified atom stereocenters. The minimum absolute atomic E-state index is 0.0512. The summed E-state index contributed by atoms with van der Waals surface area (Å²) >= 11 is 0. The van der Waals surface area contributed by atoms with Crippen molar-refractivity contribution in [2.45, 2.75) is 13.3 Å². The van der Waals surface area contributed by atoms with Gasteiger partial charge in [0.1, 0.15) is 11.6 Å². The number of Topliss-reactive ketones (excluding diaryl/α,β-unsaturated/α-hetero) is 1. The van der Waals surface area contributed by atoms with Crippen molar-refractivity contribution in [3.05, 3.63) is 70.5 Å². The molecule has 1 aromatic carbocycles. The second-order valence-electron chi connectivity index (χ2n) is 6.12.